The third-order valence-electron chi connectivity index (χ3n) is 2.69. The van der Waals surface area contributed by atoms with Gasteiger partial charge in [-0.2, -0.15) is 5.10 Å². The Balaban J connectivity index is 2.18. The molecule has 2 heterocycles. The molecule has 3 rings (SSSR count). The van der Waals surface area contributed by atoms with Crippen molar-refractivity contribution in [3.05, 3.63) is 46.3 Å². The van der Waals surface area contributed by atoms with Crippen LogP contribution in [0.4, 0.5) is 0 Å². The molecule has 18 heavy (non-hydrogen) atoms. The zero-order valence-electron chi connectivity index (χ0n) is 9.67. The van der Waals surface area contributed by atoms with Gasteiger partial charge in [-0.3, -0.25) is 0 Å². The first kappa shape index (κ1) is 11.5. The Hall–Kier alpha value is -1.63. The highest BCUT2D eigenvalue weighted by Crippen LogP contribution is 2.21. The number of fused-ring (bicyclic) bond motifs is 1. The number of rotatable bonds is 2. The molecular weight excluding hydrogens is 341 g/mol. The maximum Gasteiger partial charge on any atom is 0.213 e. The van der Waals surface area contributed by atoms with Crippen LogP contribution in [0.25, 0.3) is 16.6 Å². The number of pyridine rings is 1. The summed E-state index contributed by atoms with van der Waals surface area (Å²) in [7, 11) is 1.61. The Morgan fingerprint density at radius 2 is 2.11 bits per heavy atom. The molecule has 0 spiro atoms. The summed E-state index contributed by atoms with van der Waals surface area (Å²) in [6.45, 7) is 0. The highest BCUT2D eigenvalue weighted by atomic mass is 127. The lowest BCUT2D eigenvalue weighted by Crippen LogP contribution is -1.96. The summed E-state index contributed by atoms with van der Waals surface area (Å²) in [4.78, 5) is 4.22. The van der Waals surface area contributed by atoms with Gasteiger partial charge in [0.05, 0.1) is 30.7 Å². The minimum atomic E-state index is 0.602. The smallest absolute Gasteiger partial charge is 0.213 e. The predicted molar refractivity (Wildman–Crippen MR) is 78.1 cm³/mol. The molecule has 4 nitrogen and oxygen atoms in total. The van der Waals surface area contributed by atoms with Crippen LogP contribution < -0.4 is 4.74 Å². The van der Waals surface area contributed by atoms with Crippen LogP contribution in [0.2, 0.25) is 0 Å². The normalized spacial score (nSPS) is 10.8. The van der Waals surface area contributed by atoms with E-state index in [1.54, 1.807) is 13.3 Å². The van der Waals surface area contributed by atoms with Gasteiger partial charge in [0.25, 0.3) is 0 Å². The molecule has 0 atom stereocenters. The second-order valence-electron chi connectivity index (χ2n) is 3.82. The van der Waals surface area contributed by atoms with Gasteiger partial charge in [-0.25, -0.2) is 9.67 Å². The van der Waals surface area contributed by atoms with Gasteiger partial charge < -0.3 is 4.74 Å². The Morgan fingerprint density at radius 3 is 2.89 bits per heavy atom. The molecule has 0 aliphatic rings. The van der Waals surface area contributed by atoms with E-state index in [9.17, 15) is 0 Å². The van der Waals surface area contributed by atoms with Gasteiger partial charge in [0.2, 0.25) is 5.88 Å². The monoisotopic (exact) mass is 351 g/mol. The Labute approximate surface area is 118 Å². The fourth-order valence-electron chi connectivity index (χ4n) is 1.83. The summed E-state index contributed by atoms with van der Waals surface area (Å²) < 4.78 is 8.16. The lowest BCUT2D eigenvalue weighted by Gasteiger charge is -2.04. The molecule has 0 saturated carbocycles. The van der Waals surface area contributed by atoms with Crippen LogP contribution in [0.15, 0.2) is 42.7 Å². The van der Waals surface area contributed by atoms with E-state index in [4.69, 9.17) is 4.74 Å². The van der Waals surface area contributed by atoms with E-state index in [1.807, 2.05) is 29.1 Å². The second-order valence-corrected chi connectivity index (χ2v) is 5.07. The number of aromatic nitrogens is 3. The van der Waals surface area contributed by atoms with Crippen LogP contribution in [0.1, 0.15) is 0 Å². The molecule has 0 radical (unpaired) electrons. The van der Waals surface area contributed by atoms with Crippen molar-refractivity contribution in [2.24, 2.45) is 0 Å². The Bertz CT molecular complexity index is 708. The summed E-state index contributed by atoms with van der Waals surface area (Å²) in [5.41, 5.74) is 2.00. The molecule has 5 heteroatoms. The van der Waals surface area contributed by atoms with Crippen LogP contribution in [-0.2, 0) is 0 Å². The van der Waals surface area contributed by atoms with E-state index in [0.717, 1.165) is 16.6 Å². The first-order chi connectivity index (χ1) is 8.78. The molecule has 1 aromatic carbocycles. The molecule has 0 saturated heterocycles. The molecule has 3 aromatic rings. The van der Waals surface area contributed by atoms with E-state index in [-0.39, 0.29) is 0 Å². The average Bonchev–Trinajstić information content (AvgIpc) is 2.81. The molecule has 0 N–H and O–H groups in total. The fraction of sp³-hybridized carbons (Fsp3) is 0.0769. The maximum absolute atomic E-state index is 5.11. The van der Waals surface area contributed by atoms with Crippen LogP contribution in [-0.4, -0.2) is 21.9 Å². The van der Waals surface area contributed by atoms with Crippen LogP contribution >= 0.6 is 22.6 Å². The van der Waals surface area contributed by atoms with Gasteiger partial charge in [-0.15, -0.1) is 0 Å². The van der Waals surface area contributed by atoms with Crippen molar-refractivity contribution < 1.29 is 4.74 Å². The van der Waals surface area contributed by atoms with Crippen molar-refractivity contribution in [3.8, 4) is 11.6 Å². The highest BCUT2D eigenvalue weighted by molar-refractivity contribution is 14.1. The average molecular weight is 351 g/mol. The van der Waals surface area contributed by atoms with Crippen molar-refractivity contribution in [1.82, 2.24) is 14.8 Å². The van der Waals surface area contributed by atoms with E-state index in [1.165, 1.54) is 3.57 Å². The van der Waals surface area contributed by atoms with Gasteiger partial charge in [0, 0.05) is 15.0 Å². The molecule has 0 bridgehead atoms. The fourth-order valence-corrected chi connectivity index (χ4v) is 2.36. The summed E-state index contributed by atoms with van der Waals surface area (Å²) in [6.07, 6.45) is 3.60. The van der Waals surface area contributed by atoms with E-state index in [0.29, 0.717) is 5.88 Å². The molecule has 0 aliphatic carbocycles. The zero-order valence-corrected chi connectivity index (χ0v) is 11.8. The molecule has 0 fully saturated rings. The highest BCUT2D eigenvalue weighted by Gasteiger charge is 2.06. The number of hydrogen-bond donors (Lipinski definition) is 0. The summed E-state index contributed by atoms with van der Waals surface area (Å²) in [5, 5.41) is 5.41. The van der Waals surface area contributed by atoms with Crippen molar-refractivity contribution in [3.63, 3.8) is 0 Å². The number of halogens is 1. The number of benzene rings is 1. The van der Waals surface area contributed by atoms with Gasteiger partial charge in [-0.05, 0) is 40.8 Å². The third kappa shape index (κ3) is 1.94. The van der Waals surface area contributed by atoms with Crippen LogP contribution in [0.3, 0.4) is 0 Å². The standard InChI is InChI=1S/C13H10IN3O/c1-18-13-5-9-7-16-17(12(9)8-15-13)11-4-2-3-10(14)6-11/h2-8H,1H3. The number of hydrogen-bond acceptors (Lipinski definition) is 3. The predicted octanol–water partition coefficient (Wildman–Crippen LogP) is 3.03. The lowest BCUT2D eigenvalue weighted by atomic mass is 10.3. The van der Waals surface area contributed by atoms with Crippen LogP contribution in [0.5, 0.6) is 5.88 Å². The third-order valence-corrected chi connectivity index (χ3v) is 3.36. The van der Waals surface area contributed by atoms with Gasteiger partial charge in [-0.1, -0.05) is 6.07 Å². The lowest BCUT2D eigenvalue weighted by molar-refractivity contribution is 0.398. The molecule has 2 aromatic heterocycles. The molecule has 0 amide bonds. The minimum Gasteiger partial charge on any atom is -0.481 e. The number of methoxy groups -OCH3 is 1. The van der Waals surface area contributed by atoms with Gasteiger partial charge in [0.1, 0.15) is 0 Å². The zero-order chi connectivity index (χ0) is 12.5. The topological polar surface area (TPSA) is 39.9 Å². The van der Waals surface area contributed by atoms with Crippen molar-refractivity contribution >= 4 is 33.5 Å². The summed E-state index contributed by atoms with van der Waals surface area (Å²) in [6, 6.07) is 10.1. The van der Waals surface area contributed by atoms with Crippen LogP contribution in [0, 0.1) is 3.57 Å². The van der Waals surface area contributed by atoms with Gasteiger partial charge in [0.15, 0.2) is 0 Å². The summed E-state index contributed by atoms with van der Waals surface area (Å²) >= 11 is 2.29. The molecule has 90 valence electrons. The SMILES string of the molecule is COc1cc2cnn(-c3cccc(I)c3)c2cn1. The quantitative estimate of drug-likeness (QED) is 0.667. The van der Waals surface area contributed by atoms with E-state index >= 15 is 0 Å². The number of ether oxygens (including phenoxy) is 1. The first-order valence-corrected chi connectivity index (χ1v) is 6.49. The largest absolute Gasteiger partial charge is 0.481 e. The van der Waals surface area contributed by atoms with Gasteiger partial charge >= 0.3 is 0 Å². The minimum absolute atomic E-state index is 0.602. The van der Waals surface area contributed by atoms with E-state index < -0.39 is 0 Å². The Kier molecular flexibility index (Phi) is 2.91. The second kappa shape index (κ2) is 4.56. The van der Waals surface area contributed by atoms with Crippen molar-refractivity contribution in [2.45, 2.75) is 0 Å². The molecule has 0 aliphatic heterocycles. The molecular formula is C13H10IN3O. The number of nitrogens with zero attached hydrogens (tertiary/aromatic N) is 3. The summed E-state index contributed by atoms with van der Waals surface area (Å²) in [5.74, 6) is 0.602. The van der Waals surface area contributed by atoms with E-state index in [2.05, 4.69) is 44.8 Å². The van der Waals surface area contributed by atoms with Crippen molar-refractivity contribution in [2.75, 3.05) is 7.11 Å². The maximum atomic E-state index is 5.11. The van der Waals surface area contributed by atoms with Crippen molar-refractivity contribution in [1.29, 1.82) is 0 Å². The molecule has 0 unspecified atom stereocenters. The Morgan fingerprint density at radius 1 is 1.22 bits per heavy atom. The first-order valence-electron chi connectivity index (χ1n) is 5.41.